The number of amides is 1. The zero-order chi connectivity index (χ0) is 20.6. The molecule has 0 unspecified atom stereocenters. The van der Waals surface area contributed by atoms with E-state index in [1.807, 2.05) is 0 Å². The number of nitrogens with zero attached hydrogens (tertiary/aromatic N) is 3. The Labute approximate surface area is 163 Å². The minimum Gasteiger partial charge on any atom is -0.366 e. The number of carbonyl (C=O) groups is 1. The van der Waals surface area contributed by atoms with E-state index in [1.165, 1.54) is 24.0 Å². The summed E-state index contributed by atoms with van der Waals surface area (Å²) in [7, 11) is 0. The SMILES string of the molecule is Cc1cc(F)c(F)c(C(=O)N2CCN(c3ccc([N+](=O)[O-])cc3F)CC2)c1Cl. The number of non-ortho nitro benzene ring substituents is 1. The quantitative estimate of drug-likeness (QED) is 0.434. The van der Waals surface area contributed by atoms with Crippen LogP contribution in [0.2, 0.25) is 5.02 Å². The summed E-state index contributed by atoms with van der Waals surface area (Å²) >= 11 is 6.00. The summed E-state index contributed by atoms with van der Waals surface area (Å²) < 4.78 is 42.0. The molecular weight excluding hydrogens is 399 g/mol. The van der Waals surface area contributed by atoms with Crippen LogP contribution in [0.1, 0.15) is 15.9 Å². The van der Waals surface area contributed by atoms with Crippen molar-refractivity contribution < 1.29 is 22.9 Å². The van der Waals surface area contributed by atoms with Gasteiger partial charge in [-0.05, 0) is 24.6 Å². The summed E-state index contributed by atoms with van der Waals surface area (Å²) in [6.07, 6.45) is 0. The van der Waals surface area contributed by atoms with E-state index in [-0.39, 0.29) is 48.1 Å². The van der Waals surface area contributed by atoms with Crippen molar-refractivity contribution in [1.29, 1.82) is 0 Å². The van der Waals surface area contributed by atoms with Gasteiger partial charge in [0, 0.05) is 32.2 Å². The van der Waals surface area contributed by atoms with Gasteiger partial charge in [-0.1, -0.05) is 11.6 Å². The maximum atomic E-state index is 14.2. The van der Waals surface area contributed by atoms with Crippen molar-refractivity contribution in [2.75, 3.05) is 31.1 Å². The van der Waals surface area contributed by atoms with Gasteiger partial charge in [-0.2, -0.15) is 0 Å². The van der Waals surface area contributed by atoms with Crippen LogP contribution in [0.5, 0.6) is 0 Å². The Bertz CT molecular complexity index is 937. The molecule has 0 spiro atoms. The lowest BCUT2D eigenvalue weighted by Gasteiger charge is -2.36. The standard InChI is InChI=1S/C18H15ClF3N3O3/c1-10-8-13(21)17(22)15(16(10)19)18(26)24-6-4-23(5-7-24)14-3-2-11(25(27)28)9-12(14)20/h2-3,8-9H,4-7H2,1H3. The minimum absolute atomic E-state index is 0.126. The van der Waals surface area contributed by atoms with E-state index in [1.54, 1.807) is 4.90 Å². The first kappa shape index (κ1) is 19.9. The van der Waals surface area contributed by atoms with E-state index in [4.69, 9.17) is 11.6 Å². The van der Waals surface area contributed by atoms with Crippen LogP contribution in [0.4, 0.5) is 24.5 Å². The number of hydrogen-bond donors (Lipinski definition) is 0. The first-order valence-electron chi connectivity index (χ1n) is 8.33. The molecule has 0 N–H and O–H groups in total. The van der Waals surface area contributed by atoms with Crippen molar-refractivity contribution in [2.45, 2.75) is 6.92 Å². The summed E-state index contributed by atoms with van der Waals surface area (Å²) in [4.78, 5) is 25.6. The second-order valence-electron chi connectivity index (χ2n) is 6.35. The molecule has 0 saturated carbocycles. The predicted molar refractivity (Wildman–Crippen MR) is 97.3 cm³/mol. The van der Waals surface area contributed by atoms with Crippen molar-refractivity contribution in [3.63, 3.8) is 0 Å². The highest BCUT2D eigenvalue weighted by Gasteiger charge is 2.29. The van der Waals surface area contributed by atoms with Crippen molar-refractivity contribution in [3.05, 3.63) is 68.0 Å². The molecule has 1 fully saturated rings. The van der Waals surface area contributed by atoms with Gasteiger partial charge < -0.3 is 9.80 Å². The lowest BCUT2D eigenvalue weighted by molar-refractivity contribution is -0.385. The van der Waals surface area contributed by atoms with Crippen LogP contribution in [0.3, 0.4) is 0 Å². The van der Waals surface area contributed by atoms with E-state index in [9.17, 15) is 28.1 Å². The van der Waals surface area contributed by atoms with Crippen LogP contribution in [0.25, 0.3) is 0 Å². The number of nitro groups is 1. The fraction of sp³-hybridized carbons (Fsp3) is 0.278. The highest BCUT2D eigenvalue weighted by molar-refractivity contribution is 6.34. The molecule has 0 aliphatic carbocycles. The van der Waals surface area contributed by atoms with Crippen LogP contribution in [-0.4, -0.2) is 41.9 Å². The first-order valence-corrected chi connectivity index (χ1v) is 8.70. The second-order valence-corrected chi connectivity index (χ2v) is 6.73. The Balaban J connectivity index is 1.76. The molecule has 0 atom stereocenters. The third-order valence-corrected chi connectivity index (χ3v) is 5.09. The molecule has 1 amide bonds. The third kappa shape index (κ3) is 3.62. The molecule has 3 rings (SSSR count). The number of aryl methyl sites for hydroxylation is 1. The van der Waals surface area contributed by atoms with E-state index >= 15 is 0 Å². The normalized spacial score (nSPS) is 14.3. The Morgan fingerprint density at radius 1 is 1.11 bits per heavy atom. The van der Waals surface area contributed by atoms with Gasteiger partial charge in [0.2, 0.25) is 0 Å². The van der Waals surface area contributed by atoms with Gasteiger partial charge in [-0.15, -0.1) is 0 Å². The maximum absolute atomic E-state index is 14.2. The molecule has 1 aliphatic rings. The summed E-state index contributed by atoms with van der Waals surface area (Å²) in [6.45, 7) is 2.15. The van der Waals surface area contributed by atoms with Gasteiger partial charge in [0.15, 0.2) is 17.5 Å². The third-order valence-electron chi connectivity index (χ3n) is 4.60. The molecular formula is C18H15ClF3N3O3. The summed E-state index contributed by atoms with van der Waals surface area (Å²) in [5.41, 5.74) is -0.463. The number of rotatable bonds is 3. The lowest BCUT2D eigenvalue weighted by Crippen LogP contribution is -2.49. The van der Waals surface area contributed by atoms with E-state index in [0.717, 1.165) is 12.1 Å². The molecule has 10 heteroatoms. The number of hydrogen-bond acceptors (Lipinski definition) is 4. The smallest absolute Gasteiger partial charge is 0.272 e. The van der Waals surface area contributed by atoms with Crippen molar-refractivity contribution in [1.82, 2.24) is 4.90 Å². The summed E-state index contributed by atoms with van der Waals surface area (Å²) in [5.74, 6) is -3.95. The average Bonchev–Trinajstić information content (AvgIpc) is 2.66. The monoisotopic (exact) mass is 413 g/mol. The zero-order valence-electron chi connectivity index (χ0n) is 14.7. The first-order chi connectivity index (χ1) is 13.2. The van der Waals surface area contributed by atoms with Gasteiger partial charge in [0.05, 0.1) is 27.3 Å². The highest BCUT2D eigenvalue weighted by atomic mass is 35.5. The summed E-state index contributed by atoms with van der Waals surface area (Å²) in [5, 5.41) is 10.6. The van der Waals surface area contributed by atoms with Crippen molar-refractivity contribution in [3.8, 4) is 0 Å². The van der Waals surface area contributed by atoms with Crippen LogP contribution in [0.15, 0.2) is 24.3 Å². The Morgan fingerprint density at radius 2 is 1.75 bits per heavy atom. The molecule has 6 nitrogen and oxygen atoms in total. The number of anilines is 1. The highest BCUT2D eigenvalue weighted by Crippen LogP contribution is 2.29. The van der Waals surface area contributed by atoms with Crippen LogP contribution in [0, 0.1) is 34.5 Å². The molecule has 28 heavy (non-hydrogen) atoms. The van der Waals surface area contributed by atoms with Crippen LogP contribution >= 0.6 is 11.6 Å². The van der Waals surface area contributed by atoms with E-state index in [0.29, 0.717) is 0 Å². The van der Waals surface area contributed by atoms with Gasteiger partial charge in [0.25, 0.3) is 11.6 Å². The fourth-order valence-electron chi connectivity index (χ4n) is 3.09. The number of nitro benzene ring substituents is 1. The Kier molecular flexibility index (Phi) is 5.46. The van der Waals surface area contributed by atoms with Gasteiger partial charge in [-0.3, -0.25) is 14.9 Å². The fourth-order valence-corrected chi connectivity index (χ4v) is 3.31. The Morgan fingerprint density at radius 3 is 2.32 bits per heavy atom. The second kappa shape index (κ2) is 7.67. The topological polar surface area (TPSA) is 66.7 Å². The number of piperazine rings is 1. The molecule has 0 radical (unpaired) electrons. The predicted octanol–water partition coefficient (Wildman–Crippen LogP) is 3.94. The van der Waals surface area contributed by atoms with E-state index in [2.05, 4.69) is 0 Å². The number of carbonyl (C=O) groups excluding carboxylic acids is 1. The maximum Gasteiger partial charge on any atom is 0.272 e. The number of halogens is 4. The molecule has 1 saturated heterocycles. The lowest BCUT2D eigenvalue weighted by atomic mass is 10.1. The number of benzene rings is 2. The average molecular weight is 414 g/mol. The van der Waals surface area contributed by atoms with Gasteiger partial charge in [-0.25, -0.2) is 13.2 Å². The molecule has 0 aromatic heterocycles. The van der Waals surface area contributed by atoms with Crippen LogP contribution in [-0.2, 0) is 0 Å². The van der Waals surface area contributed by atoms with Gasteiger partial charge >= 0.3 is 0 Å². The van der Waals surface area contributed by atoms with Crippen LogP contribution < -0.4 is 4.90 Å². The molecule has 2 aromatic rings. The molecule has 1 aliphatic heterocycles. The molecule has 148 valence electrons. The largest absolute Gasteiger partial charge is 0.366 e. The van der Waals surface area contributed by atoms with Crippen molar-refractivity contribution >= 4 is 28.9 Å². The summed E-state index contributed by atoms with van der Waals surface area (Å²) in [6, 6.07) is 4.25. The molecule has 1 heterocycles. The minimum atomic E-state index is -1.30. The van der Waals surface area contributed by atoms with Gasteiger partial charge in [0.1, 0.15) is 0 Å². The van der Waals surface area contributed by atoms with Crippen molar-refractivity contribution in [2.24, 2.45) is 0 Å². The Hall–Kier alpha value is -2.81. The molecule has 2 aromatic carbocycles. The molecule has 0 bridgehead atoms. The zero-order valence-corrected chi connectivity index (χ0v) is 15.5. The van der Waals surface area contributed by atoms with E-state index < -0.39 is 33.8 Å².